The zero-order valence-corrected chi connectivity index (χ0v) is 13.8. The van der Waals surface area contributed by atoms with Gasteiger partial charge in [0.2, 0.25) is 5.91 Å². The summed E-state index contributed by atoms with van der Waals surface area (Å²) in [6.45, 7) is 6.21. The average Bonchev–Trinajstić information content (AvgIpc) is 2.73. The number of nitrogens with zero attached hydrogens (tertiary/aromatic N) is 1. The molecule has 23 heavy (non-hydrogen) atoms. The number of likely N-dealkylation sites (tertiary alicyclic amines) is 1. The van der Waals surface area contributed by atoms with Gasteiger partial charge in [-0.2, -0.15) is 0 Å². The highest BCUT2D eigenvalue weighted by Crippen LogP contribution is 2.32. The lowest BCUT2D eigenvalue weighted by atomic mass is 10.0. The zero-order valence-electron chi connectivity index (χ0n) is 13.8. The Balaban J connectivity index is 2.06. The molecule has 126 valence electrons. The van der Waals surface area contributed by atoms with Crippen LogP contribution in [0.4, 0.5) is 8.78 Å². The highest BCUT2D eigenvalue weighted by Gasteiger charge is 2.45. The second-order valence-electron chi connectivity index (χ2n) is 6.39. The summed E-state index contributed by atoms with van der Waals surface area (Å²) < 4.78 is 26.8. The number of carbonyl (C=O) groups excluding carboxylic acids is 2. The minimum Gasteiger partial charge on any atom is -0.341 e. The minimum absolute atomic E-state index is 0.337. The van der Waals surface area contributed by atoms with Crippen LogP contribution >= 0.6 is 0 Å². The van der Waals surface area contributed by atoms with Gasteiger partial charge in [-0.15, -0.1) is 0 Å². The smallest absolute Gasteiger partial charge is 0.267 e. The number of nitrogens with one attached hydrogen (secondary N) is 1. The van der Waals surface area contributed by atoms with Gasteiger partial charge in [0.05, 0.1) is 6.54 Å². The van der Waals surface area contributed by atoms with Crippen LogP contribution in [0.1, 0.15) is 41.8 Å². The van der Waals surface area contributed by atoms with Gasteiger partial charge in [0.15, 0.2) is 0 Å². The molecule has 4 nitrogen and oxygen atoms in total. The molecule has 0 aliphatic carbocycles. The number of amides is 2. The molecule has 0 bridgehead atoms. The molecule has 2 amide bonds. The summed E-state index contributed by atoms with van der Waals surface area (Å²) in [5.74, 6) is -3.70. The van der Waals surface area contributed by atoms with Gasteiger partial charge in [0.1, 0.15) is 6.04 Å². The van der Waals surface area contributed by atoms with Crippen LogP contribution < -0.4 is 5.32 Å². The van der Waals surface area contributed by atoms with Crippen LogP contribution in [-0.2, 0) is 4.79 Å². The predicted octanol–water partition coefficient (Wildman–Crippen LogP) is 2.68. The van der Waals surface area contributed by atoms with Crippen molar-refractivity contribution < 1.29 is 18.4 Å². The summed E-state index contributed by atoms with van der Waals surface area (Å²) in [6, 6.07) is 4.10. The first-order valence-corrected chi connectivity index (χ1v) is 7.67. The topological polar surface area (TPSA) is 49.4 Å². The summed E-state index contributed by atoms with van der Waals surface area (Å²) in [5, 5.41) is 2.61. The van der Waals surface area contributed by atoms with E-state index in [0.29, 0.717) is 5.56 Å². The summed E-state index contributed by atoms with van der Waals surface area (Å²) in [5.41, 5.74) is 2.23. The van der Waals surface area contributed by atoms with Crippen molar-refractivity contribution in [2.45, 2.75) is 52.1 Å². The zero-order chi connectivity index (χ0) is 17.4. The van der Waals surface area contributed by atoms with Crippen LogP contribution in [0.2, 0.25) is 0 Å². The Morgan fingerprint density at radius 3 is 2.57 bits per heavy atom. The Morgan fingerprint density at radius 2 is 2.00 bits per heavy atom. The Labute approximate surface area is 134 Å². The molecule has 1 fully saturated rings. The van der Waals surface area contributed by atoms with E-state index in [0.717, 1.165) is 16.0 Å². The van der Waals surface area contributed by atoms with Crippen molar-refractivity contribution in [2.75, 3.05) is 6.54 Å². The molecule has 1 aliphatic rings. The van der Waals surface area contributed by atoms with E-state index in [2.05, 4.69) is 5.32 Å². The largest absolute Gasteiger partial charge is 0.341 e. The third-order valence-electron chi connectivity index (χ3n) is 4.17. The van der Waals surface area contributed by atoms with Crippen LogP contribution in [0, 0.1) is 13.8 Å². The van der Waals surface area contributed by atoms with E-state index in [4.69, 9.17) is 0 Å². The second-order valence-corrected chi connectivity index (χ2v) is 6.39. The molecular formula is C17H22F2N2O2. The molecule has 1 heterocycles. The van der Waals surface area contributed by atoms with E-state index in [1.807, 2.05) is 26.0 Å². The average molecular weight is 324 g/mol. The summed E-state index contributed by atoms with van der Waals surface area (Å²) >= 11 is 0. The van der Waals surface area contributed by atoms with Gasteiger partial charge in [-0.05, 0) is 39.3 Å². The van der Waals surface area contributed by atoms with Gasteiger partial charge in [0.25, 0.3) is 11.8 Å². The Morgan fingerprint density at radius 1 is 1.35 bits per heavy atom. The molecule has 1 N–H and O–H groups in total. The van der Waals surface area contributed by atoms with E-state index >= 15 is 0 Å². The van der Waals surface area contributed by atoms with Crippen molar-refractivity contribution in [2.24, 2.45) is 0 Å². The summed E-state index contributed by atoms with van der Waals surface area (Å²) in [7, 11) is 0. The number of benzene rings is 1. The van der Waals surface area contributed by atoms with Crippen molar-refractivity contribution >= 4 is 11.8 Å². The standard InChI is InChI=1S/C17H22F2N2O2/c1-10-5-6-11(2)14(7-10)15(22)20-13(4)16(23)21-9-17(18,19)8-12(21)3/h5-7,12-13H,8-9H2,1-4H3,(H,20,22)/t12-,13+/m1/s1. The quantitative estimate of drug-likeness (QED) is 0.929. The van der Waals surface area contributed by atoms with Gasteiger partial charge in [0, 0.05) is 18.0 Å². The maximum absolute atomic E-state index is 13.4. The maximum atomic E-state index is 13.4. The number of hydrogen-bond acceptors (Lipinski definition) is 2. The lowest BCUT2D eigenvalue weighted by Crippen LogP contribution is -2.48. The van der Waals surface area contributed by atoms with Crippen molar-refractivity contribution in [1.29, 1.82) is 0 Å². The highest BCUT2D eigenvalue weighted by molar-refractivity contribution is 5.98. The lowest BCUT2D eigenvalue weighted by Gasteiger charge is -2.25. The van der Waals surface area contributed by atoms with E-state index in [1.54, 1.807) is 13.0 Å². The van der Waals surface area contributed by atoms with Crippen LogP contribution in [0.25, 0.3) is 0 Å². The van der Waals surface area contributed by atoms with Gasteiger partial charge in [-0.1, -0.05) is 17.7 Å². The van der Waals surface area contributed by atoms with Crippen molar-refractivity contribution in [3.05, 3.63) is 34.9 Å². The highest BCUT2D eigenvalue weighted by atomic mass is 19.3. The number of rotatable bonds is 3. The SMILES string of the molecule is Cc1ccc(C)c(C(=O)N[C@@H](C)C(=O)N2CC(F)(F)C[C@H]2C)c1. The Kier molecular flexibility index (Phi) is 4.73. The fraction of sp³-hybridized carbons (Fsp3) is 0.529. The van der Waals surface area contributed by atoms with Crippen LogP contribution in [-0.4, -0.2) is 41.3 Å². The van der Waals surface area contributed by atoms with Gasteiger partial charge >= 0.3 is 0 Å². The predicted molar refractivity (Wildman–Crippen MR) is 83.6 cm³/mol. The Hall–Kier alpha value is -1.98. The molecular weight excluding hydrogens is 302 g/mol. The summed E-state index contributed by atoms with van der Waals surface area (Å²) in [6.07, 6.45) is -0.337. The first-order valence-electron chi connectivity index (χ1n) is 7.67. The van der Waals surface area contributed by atoms with Gasteiger partial charge in [-0.25, -0.2) is 8.78 Å². The second kappa shape index (κ2) is 6.26. The lowest BCUT2D eigenvalue weighted by molar-refractivity contribution is -0.134. The molecule has 1 aromatic rings. The molecule has 2 rings (SSSR count). The van der Waals surface area contributed by atoms with E-state index in [9.17, 15) is 18.4 Å². The van der Waals surface area contributed by atoms with Crippen molar-refractivity contribution in [3.8, 4) is 0 Å². The number of aryl methyl sites for hydroxylation is 2. The van der Waals surface area contributed by atoms with E-state index in [1.165, 1.54) is 6.92 Å². The molecule has 0 radical (unpaired) electrons. The fourth-order valence-electron chi connectivity index (χ4n) is 2.87. The minimum atomic E-state index is -2.86. The third kappa shape index (κ3) is 3.86. The number of carbonyl (C=O) groups is 2. The van der Waals surface area contributed by atoms with Crippen LogP contribution in [0.3, 0.4) is 0 Å². The number of halogens is 2. The number of hydrogen-bond donors (Lipinski definition) is 1. The van der Waals surface area contributed by atoms with Gasteiger partial charge in [-0.3, -0.25) is 9.59 Å². The normalized spacial score (nSPS) is 21.1. The monoisotopic (exact) mass is 324 g/mol. The molecule has 6 heteroatoms. The van der Waals surface area contributed by atoms with E-state index < -0.39 is 30.5 Å². The van der Waals surface area contributed by atoms with Crippen molar-refractivity contribution in [1.82, 2.24) is 10.2 Å². The first kappa shape index (κ1) is 17.4. The fourth-order valence-corrected chi connectivity index (χ4v) is 2.87. The van der Waals surface area contributed by atoms with Crippen LogP contribution in [0.15, 0.2) is 18.2 Å². The molecule has 0 aromatic heterocycles. The molecule has 0 unspecified atom stereocenters. The summed E-state index contributed by atoms with van der Waals surface area (Å²) in [4.78, 5) is 25.8. The van der Waals surface area contributed by atoms with Crippen LogP contribution in [0.5, 0.6) is 0 Å². The molecule has 0 saturated carbocycles. The molecule has 1 aliphatic heterocycles. The molecule has 1 aromatic carbocycles. The van der Waals surface area contributed by atoms with Crippen molar-refractivity contribution in [3.63, 3.8) is 0 Å². The first-order chi connectivity index (χ1) is 10.6. The van der Waals surface area contributed by atoms with E-state index in [-0.39, 0.29) is 12.3 Å². The van der Waals surface area contributed by atoms with Gasteiger partial charge < -0.3 is 10.2 Å². The molecule has 0 spiro atoms. The molecule has 2 atom stereocenters. The molecule has 1 saturated heterocycles. The number of alkyl halides is 2. The third-order valence-corrected chi connectivity index (χ3v) is 4.17. The maximum Gasteiger partial charge on any atom is 0.267 e. The Bertz CT molecular complexity index is 631.